The van der Waals surface area contributed by atoms with E-state index in [0.29, 0.717) is 12.5 Å². The van der Waals surface area contributed by atoms with Crippen LogP contribution in [0.25, 0.3) is 0 Å². The number of hydrogen-bond donors (Lipinski definition) is 1. The van der Waals surface area contributed by atoms with E-state index in [4.69, 9.17) is 0 Å². The van der Waals surface area contributed by atoms with Crippen LogP contribution in [-0.2, 0) is 0 Å². The van der Waals surface area contributed by atoms with E-state index in [1.165, 1.54) is 25.7 Å². The lowest BCUT2D eigenvalue weighted by Gasteiger charge is -2.25. The maximum absolute atomic E-state index is 13.8. The molecule has 0 heterocycles. The monoisotopic (exact) mass is 216 g/mol. The first kappa shape index (κ1) is 12.9. The minimum Gasteiger partial charge on any atom is -0.303 e. The highest BCUT2D eigenvalue weighted by molar-refractivity contribution is 4.71. The normalized spacial score (nSPS) is 20.0. The van der Waals surface area contributed by atoms with Crippen molar-refractivity contribution in [2.45, 2.75) is 58.0 Å². The lowest BCUT2D eigenvalue weighted by atomic mass is 10.1. The first-order valence-corrected chi connectivity index (χ1v) is 6.37. The summed E-state index contributed by atoms with van der Waals surface area (Å²) >= 11 is 0. The minimum atomic E-state index is -0.0782. The van der Waals surface area contributed by atoms with E-state index < -0.39 is 0 Å². The Labute approximate surface area is 93.2 Å². The summed E-state index contributed by atoms with van der Waals surface area (Å²) in [5.74, 6) is 0.590. The van der Waals surface area contributed by atoms with Crippen molar-refractivity contribution in [1.82, 2.24) is 10.4 Å². The van der Waals surface area contributed by atoms with Crippen LogP contribution in [0.4, 0.5) is 4.48 Å². The number of rotatable bonds is 7. The second kappa shape index (κ2) is 7.18. The SMILES string of the molecule is CCCCC(NC)N(F)CC1CCCC1. The maximum Gasteiger partial charge on any atom is 0.0891 e. The second-order valence-electron chi connectivity index (χ2n) is 4.68. The molecule has 3 heteroatoms. The number of unbranched alkanes of at least 4 members (excludes halogenated alkanes) is 1. The Morgan fingerprint density at radius 2 is 2.07 bits per heavy atom. The van der Waals surface area contributed by atoms with Crippen LogP contribution in [0.5, 0.6) is 0 Å². The van der Waals surface area contributed by atoms with Crippen molar-refractivity contribution in [3.8, 4) is 0 Å². The number of halogens is 1. The largest absolute Gasteiger partial charge is 0.303 e. The molecule has 1 aliphatic carbocycles. The van der Waals surface area contributed by atoms with Gasteiger partial charge in [-0.2, -0.15) is 0 Å². The Hall–Kier alpha value is -0.150. The molecule has 15 heavy (non-hydrogen) atoms. The molecule has 0 spiro atoms. The summed E-state index contributed by atoms with van der Waals surface area (Å²) in [5, 5.41) is 4.08. The number of hydrogen-bond acceptors (Lipinski definition) is 2. The van der Waals surface area contributed by atoms with Gasteiger partial charge in [0.25, 0.3) is 0 Å². The van der Waals surface area contributed by atoms with Crippen LogP contribution in [0.15, 0.2) is 0 Å². The molecule has 0 amide bonds. The van der Waals surface area contributed by atoms with Gasteiger partial charge in [0.1, 0.15) is 0 Å². The molecule has 1 unspecified atom stereocenters. The van der Waals surface area contributed by atoms with Crippen LogP contribution in [0.1, 0.15) is 51.9 Å². The van der Waals surface area contributed by atoms with Gasteiger partial charge in [-0.15, -0.1) is 9.60 Å². The minimum absolute atomic E-state index is 0.0782. The molecule has 1 aliphatic rings. The smallest absolute Gasteiger partial charge is 0.0891 e. The summed E-state index contributed by atoms with van der Waals surface area (Å²) < 4.78 is 13.8. The molecule has 1 fully saturated rings. The first-order chi connectivity index (χ1) is 7.27. The predicted octanol–water partition coefficient (Wildman–Crippen LogP) is 3.10. The molecular formula is C12H25FN2. The Kier molecular flexibility index (Phi) is 6.18. The Morgan fingerprint density at radius 3 is 2.60 bits per heavy atom. The Balaban J connectivity index is 2.24. The molecule has 90 valence electrons. The van der Waals surface area contributed by atoms with Gasteiger partial charge in [0.05, 0.1) is 6.17 Å². The quantitative estimate of drug-likeness (QED) is 0.519. The summed E-state index contributed by atoms with van der Waals surface area (Å²) in [7, 11) is 1.85. The highest BCUT2D eigenvalue weighted by Crippen LogP contribution is 2.26. The lowest BCUT2D eigenvalue weighted by molar-refractivity contribution is -0.0493. The van der Waals surface area contributed by atoms with Crippen LogP contribution in [0.2, 0.25) is 0 Å². The van der Waals surface area contributed by atoms with E-state index in [-0.39, 0.29) is 6.17 Å². The molecular weight excluding hydrogens is 191 g/mol. The Bertz CT molecular complexity index is 158. The number of nitrogens with one attached hydrogen (secondary N) is 1. The van der Waals surface area contributed by atoms with Crippen molar-refractivity contribution < 1.29 is 4.48 Å². The average Bonchev–Trinajstić information content (AvgIpc) is 2.71. The molecule has 0 aromatic heterocycles. The Morgan fingerprint density at radius 1 is 1.40 bits per heavy atom. The topological polar surface area (TPSA) is 15.3 Å². The van der Waals surface area contributed by atoms with Gasteiger partial charge in [0.15, 0.2) is 0 Å². The summed E-state index contributed by atoms with van der Waals surface area (Å²) in [5.41, 5.74) is 0. The second-order valence-corrected chi connectivity index (χ2v) is 4.68. The van der Waals surface area contributed by atoms with E-state index in [2.05, 4.69) is 12.2 Å². The molecule has 2 nitrogen and oxygen atoms in total. The number of nitrogens with zero attached hydrogens (tertiary/aromatic N) is 1. The molecule has 1 saturated carbocycles. The van der Waals surface area contributed by atoms with Gasteiger partial charge in [-0.1, -0.05) is 32.6 Å². The molecule has 0 bridgehead atoms. The molecule has 0 aromatic rings. The van der Waals surface area contributed by atoms with E-state index in [0.717, 1.165) is 24.4 Å². The molecule has 0 saturated heterocycles. The highest BCUT2D eigenvalue weighted by Gasteiger charge is 2.22. The zero-order valence-corrected chi connectivity index (χ0v) is 10.1. The molecule has 0 aliphatic heterocycles. The molecule has 1 rings (SSSR count). The van der Waals surface area contributed by atoms with Gasteiger partial charge >= 0.3 is 0 Å². The highest BCUT2D eigenvalue weighted by atomic mass is 19.2. The first-order valence-electron chi connectivity index (χ1n) is 6.37. The van der Waals surface area contributed by atoms with Crippen molar-refractivity contribution in [3.05, 3.63) is 0 Å². The third-order valence-corrected chi connectivity index (χ3v) is 3.41. The van der Waals surface area contributed by atoms with Crippen molar-refractivity contribution in [2.75, 3.05) is 13.6 Å². The summed E-state index contributed by atoms with van der Waals surface area (Å²) in [6, 6.07) is 0. The van der Waals surface area contributed by atoms with Gasteiger partial charge in [-0.3, -0.25) is 0 Å². The van der Waals surface area contributed by atoms with Crippen molar-refractivity contribution in [1.29, 1.82) is 0 Å². The maximum atomic E-state index is 13.8. The van der Waals surface area contributed by atoms with E-state index >= 15 is 0 Å². The molecule has 1 N–H and O–H groups in total. The van der Waals surface area contributed by atoms with Crippen LogP contribution >= 0.6 is 0 Å². The zero-order chi connectivity index (χ0) is 11.1. The third kappa shape index (κ3) is 4.47. The average molecular weight is 216 g/mol. The van der Waals surface area contributed by atoms with Gasteiger partial charge in [0, 0.05) is 6.54 Å². The van der Waals surface area contributed by atoms with E-state index in [1.54, 1.807) is 0 Å². The van der Waals surface area contributed by atoms with Gasteiger partial charge < -0.3 is 5.32 Å². The predicted molar refractivity (Wildman–Crippen MR) is 62.1 cm³/mol. The zero-order valence-electron chi connectivity index (χ0n) is 10.1. The van der Waals surface area contributed by atoms with Crippen LogP contribution in [0.3, 0.4) is 0 Å². The van der Waals surface area contributed by atoms with Gasteiger partial charge in [0.2, 0.25) is 0 Å². The fraction of sp³-hybridized carbons (Fsp3) is 1.00. The molecule has 0 radical (unpaired) electrons. The summed E-state index contributed by atoms with van der Waals surface area (Å²) in [6.45, 7) is 2.77. The fourth-order valence-corrected chi connectivity index (χ4v) is 2.39. The van der Waals surface area contributed by atoms with Crippen molar-refractivity contribution in [2.24, 2.45) is 5.92 Å². The van der Waals surface area contributed by atoms with Gasteiger partial charge in [-0.05, 0) is 32.2 Å². The van der Waals surface area contributed by atoms with Crippen LogP contribution in [0, 0.1) is 5.92 Å². The van der Waals surface area contributed by atoms with Crippen LogP contribution < -0.4 is 5.32 Å². The standard InChI is InChI=1S/C12H25FN2/c1-3-4-9-12(14-2)15(13)10-11-7-5-6-8-11/h11-12,14H,3-10H2,1-2H3. The van der Waals surface area contributed by atoms with Crippen molar-refractivity contribution >= 4 is 0 Å². The molecule has 0 aromatic carbocycles. The third-order valence-electron chi connectivity index (χ3n) is 3.41. The molecule has 1 atom stereocenters. The van der Waals surface area contributed by atoms with Gasteiger partial charge in [-0.25, -0.2) is 0 Å². The summed E-state index contributed by atoms with van der Waals surface area (Å²) in [6.07, 6.45) is 8.07. The fourth-order valence-electron chi connectivity index (χ4n) is 2.39. The van der Waals surface area contributed by atoms with Crippen molar-refractivity contribution in [3.63, 3.8) is 0 Å². The van der Waals surface area contributed by atoms with E-state index in [9.17, 15) is 4.48 Å². The lowest BCUT2D eigenvalue weighted by Crippen LogP contribution is -2.41. The van der Waals surface area contributed by atoms with Crippen LogP contribution in [-0.4, -0.2) is 24.9 Å². The van der Waals surface area contributed by atoms with E-state index in [1.807, 2.05) is 7.05 Å². The summed E-state index contributed by atoms with van der Waals surface area (Å²) in [4.78, 5) is 0.